The number of hydrogen-bond acceptors (Lipinski definition) is 9. The fraction of sp³-hybridized carbons (Fsp3) is 0.600. The lowest BCUT2D eigenvalue weighted by Gasteiger charge is -2.44. The fourth-order valence-electron chi connectivity index (χ4n) is 5.18. The van der Waals surface area contributed by atoms with E-state index in [0.29, 0.717) is 6.61 Å². The Morgan fingerprint density at radius 2 is 1.48 bits per heavy atom. The topological polar surface area (TPSA) is 89.5 Å². The molecule has 2 atom stereocenters. The Hall–Kier alpha value is -1.98. The third-order valence-corrected chi connectivity index (χ3v) is 9.16. The first kappa shape index (κ1) is 32.5. The van der Waals surface area contributed by atoms with Gasteiger partial charge in [0, 0.05) is 26.2 Å². The zero-order valence-corrected chi connectivity index (χ0v) is 25.8. The molecule has 0 saturated heterocycles. The predicted molar refractivity (Wildman–Crippen MR) is 159 cm³/mol. The van der Waals surface area contributed by atoms with Crippen molar-refractivity contribution in [3.63, 3.8) is 0 Å². The molecule has 0 amide bonds. The first-order valence-corrected chi connectivity index (χ1v) is 16.9. The van der Waals surface area contributed by atoms with Gasteiger partial charge in [-0.15, -0.1) is 11.8 Å². The molecule has 10 heteroatoms. The molecule has 0 spiro atoms. The molecular formula is C30H44O8S2. The normalized spacial score (nSPS) is 18.6. The second-order valence-electron chi connectivity index (χ2n) is 10.1. The largest absolute Gasteiger partial charge is 0.491 e. The number of ether oxygens (including phenoxy) is 5. The van der Waals surface area contributed by atoms with Gasteiger partial charge in [0.1, 0.15) is 23.9 Å². The van der Waals surface area contributed by atoms with E-state index >= 15 is 0 Å². The van der Waals surface area contributed by atoms with Crippen molar-refractivity contribution in [2.75, 3.05) is 53.5 Å². The van der Waals surface area contributed by atoms with Crippen molar-refractivity contribution < 1.29 is 36.3 Å². The average Bonchev–Trinajstić information content (AvgIpc) is 2.95. The second kappa shape index (κ2) is 16.5. The third kappa shape index (κ3) is 9.55. The SMILES string of the molecule is COCOc1ccc(C2(SC)COc3cc(OCOC)ccc3C2CCCCCCCCCOS(C)(=O)=O)cc1. The van der Waals surface area contributed by atoms with Gasteiger partial charge in [0.15, 0.2) is 13.6 Å². The molecule has 0 aliphatic carbocycles. The molecule has 2 aromatic carbocycles. The number of rotatable bonds is 19. The summed E-state index contributed by atoms with van der Waals surface area (Å²) in [5.74, 6) is 2.65. The van der Waals surface area contributed by atoms with E-state index in [9.17, 15) is 8.42 Å². The zero-order chi connectivity index (χ0) is 28.8. The lowest BCUT2D eigenvalue weighted by atomic mass is 9.76. The minimum atomic E-state index is -3.34. The Balaban J connectivity index is 1.67. The molecule has 0 aromatic heterocycles. The van der Waals surface area contributed by atoms with Crippen LogP contribution in [0.25, 0.3) is 0 Å². The van der Waals surface area contributed by atoms with Gasteiger partial charge >= 0.3 is 0 Å². The Morgan fingerprint density at radius 1 is 0.875 bits per heavy atom. The molecule has 0 bridgehead atoms. The van der Waals surface area contributed by atoms with Crippen molar-refractivity contribution in [3.05, 3.63) is 53.6 Å². The van der Waals surface area contributed by atoms with E-state index in [0.717, 1.165) is 74.9 Å². The molecule has 1 aliphatic rings. The van der Waals surface area contributed by atoms with Crippen molar-refractivity contribution in [2.45, 2.75) is 62.0 Å². The van der Waals surface area contributed by atoms with Gasteiger partial charge in [-0.25, -0.2) is 0 Å². The number of methoxy groups -OCH3 is 2. The summed E-state index contributed by atoms with van der Waals surface area (Å²) in [7, 11) is -0.120. The van der Waals surface area contributed by atoms with Gasteiger partial charge in [-0.3, -0.25) is 4.18 Å². The monoisotopic (exact) mass is 596 g/mol. The molecular weight excluding hydrogens is 552 g/mol. The van der Waals surface area contributed by atoms with Gasteiger partial charge in [-0.1, -0.05) is 56.7 Å². The lowest BCUT2D eigenvalue weighted by Crippen LogP contribution is -2.40. The number of unbranched alkanes of at least 4 members (excludes halogenated alkanes) is 6. The van der Waals surface area contributed by atoms with Crippen LogP contribution in [0.5, 0.6) is 17.2 Å². The quantitative estimate of drug-likeness (QED) is 0.103. The smallest absolute Gasteiger partial charge is 0.264 e. The maximum Gasteiger partial charge on any atom is 0.264 e. The van der Waals surface area contributed by atoms with E-state index in [-0.39, 0.29) is 30.9 Å². The zero-order valence-electron chi connectivity index (χ0n) is 24.2. The summed E-state index contributed by atoms with van der Waals surface area (Å²) in [6, 6.07) is 14.4. The van der Waals surface area contributed by atoms with E-state index in [4.69, 9.17) is 27.9 Å². The Labute approximate surface area is 244 Å². The molecule has 3 rings (SSSR count). The second-order valence-corrected chi connectivity index (χ2v) is 12.8. The molecule has 0 fully saturated rings. The van der Waals surface area contributed by atoms with Crippen LogP contribution in [0, 0.1) is 0 Å². The van der Waals surface area contributed by atoms with Gasteiger partial charge in [0.05, 0.1) is 17.6 Å². The molecule has 0 N–H and O–H groups in total. The summed E-state index contributed by atoms with van der Waals surface area (Å²) < 4.78 is 54.5. The van der Waals surface area contributed by atoms with Crippen LogP contribution in [0.1, 0.15) is 68.4 Å². The molecule has 224 valence electrons. The number of fused-ring (bicyclic) bond motifs is 1. The van der Waals surface area contributed by atoms with Crippen LogP contribution in [0.2, 0.25) is 0 Å². The molecule has 1 aliphatic heterocycles. The Kier molecular flexibility index (Phi) is 13.4. The van der Waals surface area contributed by atoms with Gasteiger partial charge in [0.25, 0.3) is 10.1 Å². The highest BCUT2D eigenvalue weighted by molar-refractivity contribution is 7.99. The van der Waals surface area contributed by atoms with Gasteiger partial charge < -0.3 is 23.7 Å². The number of thioether (sulfide) groups is 1. The predicted octanol–water partition coefficient (Wildman–Crippen LogP) is 6.48. The first-order chi connectivity index (χ1) is 19.3. The highest BCUT2D eigenvalue weighted by Crippen LogP contribution is 2.55. The highest BCUT2D eigenvalue weighted by atomic mass is 32.2. The van der Waals surface area contributed by atoms with Crippen LogP contribution in [0.15, 0.2) is 42.5 Å². The van der Waals surface area contributed by atoms with Crippen molar-refractivity contribution in [1.29, 1.82) is 0 Å². The van der Waals surface area contributed by atoms with Crippen LogP contribution < -0.4 is 14.2 Å². The Bertz CT molecular complexity index is 1120. The van der Waals surface area contributed by atoms with Crippen molar-refractivity contribution in [1.82, 2.24) is 0 Å². The third-order valence-electron chi connectivity index (χ3n) is 7.19. The Morgan fingerprint density at radius 3 is 2.10 bits per heavy atom. The van der Waals surface area contributed by atoms with Gasteiger partial charge in [0.2, 0.25) is 0 Å². The summed E-state index contributed by atoms with van der Waals surface area (Å²) in [6.45, 7) is 1.25. The maximum absolute atomic E-state index is 11.1. The summed E-state index contributed by atoms with van der Waals surface area (Å²) in [5.41, 5.74) is 2.42. The van der Waals surface area contributed by atoms with E-state index in [2.05, 4.69) is 24.5 Å². The van der Waals surface area contributed by atoms with Crippen LogP contribution in [0.3, 0.4) is 0 Å². The van der Waals surface area contributed by atoms with E-state index < -0.39 is 10.1 Å². The van der Waals surface area contributed by atoms with Crippen molar-refractivity contribution in [3.8, 4) is 17.2 Å². The van der Waals surface area contributed by atoms with Gasteiger partial charge in [-0.2, -0.15) is 8.42 Å². The van der Waals surface area contributed by atoms with E-state index in [1.54, 1.807) is 14.2 Å². The van der Waals surface area contributed by atoms with E-state index in [1.807, 2.05) is 36.0 Å². The minimum absolute atomic E-state index is 0.194. The molecule has 1 heterocycles. The van der Waals surface area contributed by atoms with Gasteiger partial charge in [-0.05, 0) is 48.4 Å². The fourth-order valence-corrected chi connectivity index (χ4v) is 6.68. The highest BCUT2D eigenvalue weighted by Gasteiger charge is 2.45. The number of hydrogen-bond donors (Lipinski definition) is 0. The first-order valence-electron chi connectivity index (χ1n) is 13.8. The number of benzene rings is 2. The molecule has 2 unspecified atom stereocenters. The summed E-state index contributed by atoms with van der Waals surface area (Å²) in [5, 5.41) is 0. The van der Waals surface area contributed by atoms with Crippen LogP contribution in [-0.4, -0.2) is 61.9 Å². The average molecular weight is 597 g/mol. The van der Waals surface area contributed by atoms with E-state index in [1.165, 1.54) is 11.1 Å². The van der Waals surface area contributed by atoms with Crippen molar-refractivity contribution >= 4 is 21.9 Å². The standard InChI is InChI=1S/C30H44O8S2/c1-33-22-36-25-15-13-24(14-16-25)30(39-3)21-35-29-20-26(37-23-34-2)17-18-27(29)28(30)12-10-8-6-5-7-9-11-19-38-40(4,31)32/h13-18,20,28H,5-12,19,21-23H2,1-4H3. The summed E-state index contributed by atoms with van der Waals surface area (Å²) in [4.78, 5) is 0. The minimum Gasteiger partial charge on any atom is -0.491 e. The maximum atomic E-state index is 11.1. The summed E-state index contributed by atoms with van der Waals surface area (Å²) in [6.07, 6.45) is 11.7. The summed E-state index contributed by atoms with van der Waals surface area (Å²) >= 11 is 1.84. The lowest BCUT2D eigenvalue weighted by molar-refractivity contribution is 0.0506. The molecule has 8 nitrogen and oxygen atoms in total. The molecule has 2 aromatic rings. The van der Waals surface area contributed by atoms with Crippen LogP contribution >= 0.6 is 11.8 Å². The van der Waals surface area contributed by atoms with Crippen molar-refractivity contribution in [2.24, 2.45) is 0 Å². The van der Waals surface area contributed by atoms with Crippen LogP contribution in [-0.2, 0) is 28.5 Å². The van der Waals surface area contributed by atoms with Crippen LogP contribution in [0.4, 0.5) is 0 Å². The molecule has 40 heavy (non-hydrogen) atoms. The molecule has 0 radical (unpaired) electrons. The molecule has 0 saturated carbocycles.